The maximum atomic E-state index is 12.1. The number of fused-ring (bicyclic) bond motifs is 1. The minimum absolute atomic E-state index is 0.0121. The molecule has 6 nitrogen and oxygen atoms in total. The predicted molar refractivity (Wildman–Crippen MR) is 117 cm³/mol. The van der Waals surface area contributed by atoms with Crippen LogP contribution >= 0.6 is 0 Å². The fraction of sp³-hybridized carbons (Fsp3) is 0.208. The maximum Gasteiger partial charge on any atom is 0.306 e. The number of para-hydroxylation sites is 1. The van der Waals surface area contributed by atoms with E-state index in [0.29, 0.717) is 5.69 Å². The summed E-state index contributed by atoms with van der Waals surface area (Å²) in [6.07, 6.45) is 0.688. The van der Waals surface area contributed by atoms with Gasteiger partial charge in [0.25, 0.3) is 5.91 Å². The van der Waals surface area contributed by atoms with Crippen LogP contribution < -0.4 is 10.6 Å². The molecule has 3 aromatic rings. The molecule has 0 aliphatic rings. The molecule has 3 aromatic carbocycles. The van der Waals surface area contributed by atoms with Crippen LogP contribution in [0.2, 0.25) is 0 Å². The van der Waals surface area contributed by atoms with Crippen molar-refractivity contribution in [3.8, 4) is 0 Å². The van der Waals surface area contributed by atoms with Crippen molar-refractivity contribution in [3.05, 3.63) is 72.3 Å². The molecule has 30 heavy (non-hydrogen) atoms. The van der Waals surface area contributed by atoms with E-state index >= 15 is 0 Å². The number of amides is 2. The summed E-state index contributed by atoms with van der Waals surface area (Å²) in [7, 11) is 0. The number of ether oxygens (including phenoxy) is 1. The van der Waals surface area contributed by atoms with Gasteiger partial charge in [-0.05, 0) is 29.5 Å². The highest BCUT2D eigenvalue weighted by Gasteiger charge is 2.12. The second-order valence-electron chi connectivity index (χ2n) is 6.79. The van der Waals surface area contributed by atoms with Crippen molar-refractivity contribution in [1.82, 2.24) is 0 Å². The number of nitrogens with one attached hydrogen (secondary N) is 2. The Morgan fingerprint density at radius 2 is 1.43 bits per heavy atom. The van der Waals surface area contributed by atoms with Gasteiger partial charge in [0, 0.05) is 23.2 Å². The average molecular weight is 404 g/mol. The van der Waals surface area contributed by atoms with E-state index in [9.17, 15) is 14.4 Å². The van der Waals surface area contributed by atoms with E-state index in [2.05, 4.69) is 10.6 Å². The first-order valence-electron chi connectivity index (χ1n) is 9.88. The summed E-state index contributed by atoms with van der Waals surface area (Å²) in [5.74, 6) is -1.30. The standard InChI is InChI=1S/C24H24N2O4/c1-2-17-8-4-6-12-20(17)25-22(27)14-15-24(29)30-16-23(28)26-21-13-7-10-18-9-3-5-11-19(18)21/h3-13H,2,14-16H2,1H3,(H,25,27)(H,26,28). The van der Waals surface area contributed by atoms with Crippen LogP contribution in [0.4, 0.5) is 11.4 Å². The predicted octanol–water partition coefficient (Wildman–Crippen LogP) is 4.30. The number of benzene rings is 3. The van der Waals surface area contributed by atoms with Gasteiger partial charge in [-0.1, -0.05) is 61.5 Å². The Kier molecular flexibility index (Phi) is 7.16. The maximum absolute atomic E-state index is 12.1. The van der Waals surface area contributed by atoms with E-state index in [-0.39, 0.29) is 18.7 Å². The van der Waals surface area contributed by atoms with Gasteiger partial charge in [0.05, 0.1) is 6.42 Å². The Morgan fingerprint density at radius 3 is 2.27 bits per heavy atom. The summed E-state index contributed by atoms with van der Waals surface area (Å²) < 4.78 is 5.00. The molecule has 0 spiro atoms. The third-order valence-electron chi connectivity index (χ3n) is 4.66. The lowest BCUT2D eigenvalue weighted by molar-refractivity contribution is -0.147. The minimum atomic E-state index is -0.595. The van der Waals surface area contributed by atoms with E-state index in [4.69, 9.17) is 4.74 Å². The normalized spacial score (nSPS) is 10.4. The summed E-state index contributed by atoms with van der Waals surface area (Å²) in [6.45, 7) is 1.61. The molecule has 0 aliphatic heterocycles. The molecular formula is C24H24N2O4. The zero-order chi connectivity index (χ0) is 21.3. The third kappa shape index (κ3) is 5.67. The van der Waals surface area contributed by atoms with E-state index in [1.54, 1.807) is 6.07 Å². The molecule has 0 saturated carbocycles. The molecule has 0 aliphatic carbocycles. The van der Waals surface area contributed by atoms with Crippen LogP contribution in [0.25, 0.3) is 10.8 Å². The average Bonchev–Trinajstić information content (AvgIpc) is 2.77. The fourth-order valence-electron chi connectivity index (χ4n) is 3.12. The number of anilines is 2. The number of hydrogen-bond donors (Lipinski definition) is 2. The molecule has 154 valence electrons. The number of esters is 1. The summed E-state index contributed by atoms with van der Waals surface area (Å²) in [5, 5.41) is 7.47. The number of carbonyl (C=O) groups is 3. The number of rotatable bonds is 8. The minimum Gasteiger partial charge on any atom is -0.456 e. The van der Waals surface area contributed by atoms with Crippen molar-refractivity contribution in [2.45, 2.75) is 26.2 Å². The van der Waals surface area contributed by atoms with E-state index in [1.807, 2.05) is 67.6 Å². The van der Waals surface area contributed by atoms with Gasteiger partial charge in [-0.3, -0.25) is 14.4 Å². The molecule has 0 atom stereocenters. The first kappa shape index (κ1) is 21.0. The van der Waals surface area contributed by atoms with Crippen molar-refractivity contribution in [2.75, 3.05) is 17.2 Å². The lowest BCUT2D eigenvalue weighted by Crippen LogP contribution is -2.22. The summed E-state index contributed by atoms with van der Waals surface area (Å²) in [5.41, 5.74) is 2.43. The lowest BCUT2D eigenvalue weighted by Gasteiger charge is -2.10. The topological polar surface area (TPSA) is 84.5 Å². The Morgan fingerprint density at radius 1 is 0.767 bits per heavy atom. The van der Waals surface area contributed by atoms with Gasteiger partial charge in [0.2, 0.25) is 5.91 Å². The zero-order valence-electron chi connectivity index (χ0n) is 16.8. The molecule has 0 bridgehead atoms. The summed E-state index contributed by atoms with van der Waals surface area (Å²) in [4.78, 5) is 36.1. The molecule has 0 radical (unpaired) electrons. The highest BCUT2D eigenvalue weighted by Crippen LogP contribution is 2.22. The van der Waals surface area contributed by atoms with Gasteiger partial charge in [0.1, 0.15) is 0 Å². The van der Waals surface area contributed by atoms with Crippen LogP contribution in [-0.2, 0) is 25.5 Å². The largest absolute Gasteiger partial charge is 0.456 e. The van der Waals surface area contributed by atoms with Crippen LogP contribution in [0, 0.1) is 0 Å². The van der Waals surface area contributed by atoms with Gasteiger partial charge in [0.15, 0.2) is 6.61 Å². The first-order chi connectivity index (χ1) is 14.6. The monoisotopic (exact) mass is 404 g/mol. The molecule has 0 fully saturated rings. The van der Waals surface area contributed by atoms with Crippen LogP contribution in [-0.4, -0.2) is 24.4 Å². The smallest absolute Gasteiger partial charge is 0.306 e. The molecule has 0 aromatic heterocycles. The second-order valence-corrected chi connectivity index (χ2v) is 6.79. The fourth-order valence-corrected chi connectivity index (χ4v) is 3.12. The SMILES string of the molecule is CCc1ccccc1NC(=O)CCC(=O)OCC(=O)Nc1cccc2ccccc12. The van der Waals surface area contributed by atoms with E-state index in [1.165, 1.54) is 0 Å². The van der Waals surface area contributed by atoms with Crippen LogP contribution in [0.1, 0.15) is 25.3 Å². The second kappa shape index (κ2) is 10.2. The molecule has 6 heteroatoms. The van der Waals surface area contributed by atoms with Crippen LogP contribution in [0.5, 0.6) is 0 Å². The van der Waals surface area contributed by atoms with Crippen LogP contribution in [0.15, 0.2) is 66.7 Å². The van der Waals surface area contributed by atoms with Crippen molar-refractivity contribution < 1.29 is 19.1 Å². The highest BCUT2D eigenvalue weighted by molar-refractivity contribution is 6.02. The molecule has 0 saturated heterocycles. The van der Waals surface area contributed by atoms with Crippen molar-refractivity contribution >= 4 is 39.9 Å². The summed E-state index contributed by atoms with van der Waals surface area (Å²) >= 11 is 0. The Hall–Kier alpha value is -3.67. The van der Waals surface area contributed by atoms with E-state index < -0.39 is 18.5 Å². The van der Waals surface area contributed by atoms with Crippen molar-refractivity contribution in [1.29, 1.82) is 0 Å². The zero-order valence-corrected chi connectivity index (χ0v) is 16.8. The Balaban J connectivity index is 1.44. The van der Waals surface area contributed by atoms with E-state index in [0.717, 1.165) is 28.4 Å². The van der Waals surface area contributed by atoms with Crippen molar-refractivity contribution in [2.24, 2.45) is 0 Å². The van der Waals surface area contributed by atoms with Gasteiger partial charge in [-0.2, -0.15) is 0 Å². The quantitative estimate of drug-likeness (QED) is 0.548. The Labute approximate surface area is 175 Å². The van der Waals surface area contributed by atoms with Gasteiger partial charge >= 0.3 is 5.97 Å². The molecular weight excluding hydrogens is 380 g/mol. The van der Waals surface area contributed by atoms with Gasteiger partial charge in [-0.25, -0.2) is 0 Å². The lowest BCUT2D eigenvalue weighted by atomic mass is 10.1. The van der Waals surface area contributed by atoms with Gasteiger partial charge in [-0.15, -0.1) is 0 Å². The molecule has 2 N–H and O–H groups in total. The van der Waals surface area contributed by atoms with Crippen LogP contribution in [0.3, 0.4) is 0 Å². The highest BCUT2D eigenvalue weighted by atomic mass is 16.5. The molecule has 3 rings (SSSR count). The first-order valence-corrected chi connectivity index (χ1v) is 9.88. The Bertz CT molecular complexity index is 1060. The molecule has 0 unspecified atom stereocenters. The number of carbonyl (C=O) groups excluding carboxylic acids is 3. The summed E-state index contributed by atoms with van der Waals surface area (Å²) in [6, 6.07) is 20.8. The number of aryl methyl sites for hydroxylation is 1. The number of hydrogen-bond acceptors (Lipinski definition) is 4. The van der Waals surface area contributed by atoms with Crippen molar-refractivity contribution in [3.63, 3.8) is 0 Å². The van der Waals surface area contributed by atoms with Gasteiger partial charge < -0.3 is 15.4 Å². The molecule has 0 heterocycles. The third-order valence-corrected chi connectivity index (χ3v) is 4.66. The molecule has 2 amide bonds.